The molecule has 0 atom stereocenters. The third-order valence-corrected chi connectivity index (χ3v) is 5.17. The maximum Gasteiger partial charge on any atom is 0.242 e. The van der Waals surface area contributed by atoms with Gasteiger partial charge in [-0.3, -0.25) is 9.59 Å². The Bertz CT molecular complexity index is 623. The number of nitrogens with zero attached hydrogens (tertiary/aromatic N) is 2. The van der Waals surface area contributed by atoms with Gasteiger partial charge < -0.3 is 14.5 Å². The van der Waals surface area contributed by atoms with E-state index in [-0.39, 0.29) is 11.7 Å². The van der Waals surface area contributed by atoms with E-state index >= 15 is 0 Å². The summed E-state index contributed by atoms with van der Waals surface area (Å²) in [4.78, 5) is 28.3. The van der Waals surface area contributed by atoms with Gasteiger partial charge in [0.25, 0.3) is 0 Å². The number of rotatable bonds is 4. The van der Waals surface area contributed by atoms with Gasteiger partial charge in [0.05, 0.1) is 18.8 Å². The van der Waals surface area contributed by atoms with Crippen LogP contribution in [0.15, 0.2) is 18.2 Å². The zero-order valence-electron chi connectivity index (χ0n) is 14.6. The zero-order chi connectivity index (χ0) is 17.1. The Morgan fingerprint density at radius 1 is 1.25 bits per heavy atom. The largest absolute Gasteiger partial charge is 0.490 e. The topological polar surface area (TPSA) is 49.9 Å². The Balaban J connectivity index is 1.73. The highest BCUT2D eigenvalue weighted by Crippen LogP contribution is 2.32. The maximum absolute atomic E-state index is 12.7. The molecular formula is C19H26N2O3. The van der Waals surface area contributed by atoms with Crippen molar-refractivity contribution in [2.24, 2.45) is 0 Å². The summed E-state index contributed by atoms with van der Waals surface area (Å²) in [6.07, 6.45) is 5.92. The smallest absolute Gasteiger partial charge is 0.242 e. The second kappa shape index (κ2) is 7.24. The maximum atomic E-state index is 12.7. The first-order valence-corrected chi connectivity index (χ1v) is 8.84. The lowest BCUT2D eigenvalue weighted by molar-refractivity contribution is -0.131. The van der Waals surface area contributed by atoms with Crippen LogP contribution in [0.25, 0.3) is 0 Å². The van der Waals surface area contributed by atoms with Crippen LogP contribution < -0.4 is 9.64 Å². The van der Waals surface area contributed by atoms with Gasteiger partial charge in [0, 0.05) is 18.7 Å². The summed E-state index contributed by atoms with van der Waals surface area (Å²) in [5.74, 6) is 0.913. The molecule has 3 rings (SSSR count). The van der Waals surface area contributed by atoms with Crippen molar-refractivity contribution in [3.63, 3.8) is 0 Å². The number of carbonyl (C=O) groups is 2. The molecule has 0 unspecified atom stereocenters. The van der Waals surface area contributed by atoms with Gasteiger partial charge in [-0.05, 0) is 38.0 Å². The molecule has 0 spiro atoms. The van der Waals surface area contributed by atoms with Crippen molar-refractivity contribution < 1.29 is 14.3 Å². The van der Waals surface area contributed by atoms with Crippen molar-refractivity contribution in [3.05, 3.63) is 23.8 Å². The zero-order valence-corrected chi connectivity index (χ0v) is 14.6. The van der Waals surface area contributed by atoms with Crippen molar-refractivity contribution in [1.29, 1.82) is 0 Å². The van der Waals surface area contributed by atoms with Gasteiger partial charge in [-0.25, -0.2) is 0 Å². The molecule has 24 heavy (non-hydrogen) atoms. The third-order valence-electron chi connectivity index (χ3n) is 5.17. The monoisotopic (exact) mass is 330 g/mol. The number of ketones is 1. The summed E-state index contributed by atoms with van der Waals surface area (Å²) >= 11 is 0. The minimum Gasteiger partial charge on any atom is -0.490 e. The van der Waals surface area contributed by atoms with Gasteiger partial charge in [0.2, 0.25) is 5.91 Å². The number of anilines is 1. The van der Waals surface area contributed by atoms with Gasteiger partial charge in [0.15, 0.2) is 5.78 Å². The van der Waals surface area contributed by atoms with Crippen molar-refractivity contribution in [2.75, 3.05) is 31.6 Å². The highest BCUT2D eigenvalue weighted by Gasteiger charge is 2.26. The molecule has 0 radical (unpaired) electrons. The van der Waals surface area contributed by atoms with E-state index in [9.17, 15) is 9.59 Å². The van der Waals surface area contributed by atoms with E-state index in [0.717, 1.165) is 24.3 Å². The molecule has 1 saturated carbocycles. The quantitative estimate of drug-likeness (QED) is 0.797. The molecule has 1 fully saturated rings. The Hall–Kier alpha value is -2.04. The van der Waals surface area contributed by atoms with Gasteiger partial charge in [-0.2, -0.15) is 0 Å². The Kier molecular flexibility index (Phi) is 5.07. The summed E-state index contributed by atoms with van der Waals surface area (Å²) in [7, 11) is 1.92. The molecule has 0 bridgehead atoms. The van der Waals surface area contributed by atoms with Crippen LogP contribution in [0.3, 0.4) is 0 Å². The van der Waals surface area contributed by atoms with Crippen LogP contribution in [0.5, 0.6) is 5.75 Å². The predicted octanol–water partition coefficient (Wildman–Crippen LogP) is 2.88. The van der Waals surface area contributed by atoms with Crippen molar-refractivity contribution in [2.45, 2.75) is 45.1 Å². The van der Waals surface area contributed by atoms with Crippen molar-refractivity contribution in [1.82, 2.24) is 4.90 Å². The predicted molar refractivity (Wildman–Crippen MR) is 93.8 cm³/mol. The lowest BCUT2D eigenvalue weighted by Gasteiger charge is -2.35. The Morgan fingerprint density at radius 2 is 2.00 bits per heavy atom. The number of amides is 1. The molecule has 0 saturated heterocycles. The fraction of sp³-hybridized carbons (Fsp3) is 0.579. The Labute approximate surface area is 143 Å². The van der Waals surface area contributed by atoms with Crippen molar-refractivity contribution >= 4 is 17.4 Å². The highest BCUT2D eigenvalue weighted by atomic mass is 16.5. The second-order valence-electron chi connectivity index (χ2n) is 6.81. The number of fused-ring (bicyclic) bond motifs is 1. The van der Waals surface area contributed by atoms with Crippen molar-refractivity contribution in [3.8, 4) is 5.75 Å². The van der Waals surface area contributed by atoms with E-state index < -0.39 is 0 Å². The lowest BCUT2D eigenvalue weighted by Crippen LogP contribution is -2.46. The van der Waals surface area contributed by atoms with E-state index in [4.69, 9.17) is 4.74 Å². The van der Waals surface area contributed by atoms with Crippen LogP contribution >= 0.6 is 0 Å². The van der Waals surface area contributed by atoms with Crippen LogP contribution in [0.4, 0.5) is 5.69 Å². The number of ether oxygens (including phenoxy) is 1. The fourth-order valence-corrected chi connectivity index (χ4v) is 3.60. The summed E-state index contributed by atoms with van der Waals surface area (Å²) in [5.41, 5.74) is 1.50. The molecule has 0 aromatic heterocycles. The highest BCUT2D eigenvalue weighted by molar-refractivity contribution is 5.96. The number of hydrogen-bond donors (Lipinski definition) is 0. The molecule has 5 nitrogen and oxygen atoms in total. The minimum absolute atomic E-state index is 0.0222. The van der Waals surface area contributed by atoms with E-state index in [1.54, 1.807) is 13.0 Å². The van der Waals surface area contributed by atoms with Gasteiger partial charge in [0.1, 0.15) is 12.4 Å². The number of hydrogen-bond acceptors (Lipinski definition) is 4. The first kappa shape index (κ1) is 16.8. The standard InChI is InChI=1S/C19H26N2O3/c1-14(22)15-8-9-18-17(12-15)21(10-11-24-18)13-19(23)20(2)16-6-4-3-5-7-16/h8-9,12,16H,3-7,10-11,13H2,1-2H3. The van der Waals surface area contributed by atoms with E-state index in [2.05, 4.69) is 0 Å². The fourth-order valence-electron chi connectivity index (χ4n) is 3.60. The second-order valence-corrected chi connectivity index (χ2v) is 6.81. The van der Waals surface area contributed by atoms with E-state index in [1.165, 1.54) is 19.3 Å². The number of benzene rings is 1. The van der Waals surface area contributed by atoms with Gasteiger partial charge in [-0.1, -0.05) is 19.3 Å². The number of likely N-dealkylation sites (N-methyl/N-ethyl adjacent to an activating group) is 1. The normalized spacial score (nSPS) is 17.8. The van der Waals surface area contributed by atoms with E-state index in [1.807, 2.05) is 29.0 Å². The molecule has 5 heteroatoms. The molecular weight excluding hydrogens is 304 g/mol. The van der Waals surface area contributed by atoms with Gasteiger partial charge in [-0.15, -0.1) is 0 Å². The molecule has 1 heterocycles. The minimum atomic E-state index is 0.0222. The van der Waals surface area contributed by atoms with Crippen LogP contribution in [0.2, 0.25) is 0 Å². The molecule has 130 valence electrons. The first-order chi connectivity index (χ1) is 11.6. The van der Waals surface area contributed by atoms with Crippen LogP contribution in [-0.2, 0) is 4.79 Å². The summed E-state index contributed by atoms with van der Waals surface area (Å²) < 4.78 is 5.67. The average Bonchev–Trinajstić information content (AvgIpc) is 2.61. The SMILES string of the molecule is CC(=O)c1ccc2c(c1)N(CC(=O)N(C)C1CCCCC1)CCO2. The molecule has 1 aromatic rings. The molecule has 1 amide bonds. The summed E-state index contributed by atoms with van der Waals surface area (Å²) in [6.45, 7) is 3.12. The molecule has 1 aliphatic carbocycles. The van der Waals surface area contributed by atoms with Crippen LogP contribution in [0.1, 0.15) is 49.4 Å². The third kappa shape index (κ3) is 3.55. The Morgan fingerprint density at radius 3 is 2.71 bits per heavy atom. The van der Waals surface area contributed by atoms with Crippen LogP contribution in [-0.4, -0.2) is 49.4 Å². The first-order valence-electron chi connectivity index (χ1n) is 8.84. The number of Topliss-reactive ketones (excluding diaryl/α,β-unsaturated/α-hetero) is 1. The molecule has 2 aliphatic rings. The lowest BCUT2D eigenvalue weighted by atomic mass is 9.94. The van der Waals surface area contributed by atoms with Gasteiger partial charge >= 0.3 is 0 Å². The summed E-state index contributed by atoms with van der Waals surface area (Å²) in [6, 6.07) is 5.81. The molecule has 1 aliphatic heterocycles. The molecule has 1 aromatic carbocycles. The number of carbonyl (C=O) groups excluding carboxylic acids is 2. The van der Waals surface area contributed by atoms with Crippen LogP contribution in [0, 0.1) is 0 Å². The molecule has 0 N–H and O–H groups in total. The van der Waals surface area contributed by atoms with E-state index in [0.29, 0.717) is 31.3 Å². The average molecular weight is 330 g/mol. The summed E-state index contributed by atoms with van der Waals surface area (Å²) in [5, 5.41) is 0.